The van der Waals surface area contributed by atoms with Gasteiger partial charge in [-0.3, -0.25) is 0 Å². The first-order chi connectivity index (χ1) is 8.17. The van der Waals surface area contributed by atoms with E-state index in [0.29, 0.717) is 6.42 Å². The zero-order chi connectivity index (χ0) is 14.4. The molecule has 0 N–H and O–H groups in total. The first-order valence-electron chi connectivity index (χ1n) is 6.44. The summed E-state index contributed by atoms with van der Waals surface area (Å²) in [7, 11) is -2.25. The Hall–Kier alpha value is -0.713. The standard InChI is InChI=1S/C13H24F2O2Si/c1-6-8-9-10-11(18(3,4)5)13(14,15)12(16)17-7-2/h10H,6-9H2,1-5H3/b11-10+. The van der Waals surface area contributed by atoms with Crippen molar-refractivity contribution in [3.8, 4) is 0 Å². The van der Waals surface area contributed by atoms with E-state index in [1.807, 2.05) is 26.6 Å². The highest BCUT2D eigenvalue weighted by atomic mass is 28.3. The second-order valence-corrected chi connectivity index (χ2v) is 10.3. The van der Waals surface area contributed by atoms with E-state index in [1.165, 1.54) is 6.92 Å². The number of allylic oxidation sites excluding steroid dienone is 1. The molecule has 2 nitrogen and oxygen atoms in total. The minimum absolute atomic E-state index is 0.0121. The Labute approximate surface area is 109 Å². The fraction of sp³-hybridized carbons (Fsp3) is 0.769. The summed E-state index contributed by atoms with van der Waals surface area (Å²) < 4.78 is 32.6. The molecule has 0 radical (unpaired) electrons. The third-order valence-electron chi connectivity index (χ3n) is 2.58. The molecule has 0 aromatic carbocycles. The van der Waals surface area contributed by atoms with Crippen molar-refractivity contribution in [1.29, 1.82) is 0 Å². The number of rotatable bonds is 7. The molecule has 0 fully saturated rings. The monoisotopic (exact) mass is 278 g/mol. The van der Waals surface area contributed by atoms with Crippen LogP contribution < -0.4 is 0 Å². The Morgan fingerprint density at radius 3 is 2.22 bits per heavy atom. The van der Waals surface area contributed by atoms with E-state index in [9.17, 15) is 13.6 Å². The number of carbonyl (C=O) groups is 1. The van der Waals surface area contributed by atoms with E-state index >= 15 is 0 Å². The number of carbonyl (C=O) groups excluding carboxylic acids is 1. The zero-order valence-corrected chi connectivity index (χ0v) is 13.0. The van der Waals surface area contributed by atoms with E-state index in [-0.39, 0.29) is 11.8 Å². The van der Waals surface area contributed by atoms with Gasteiger partial charge in [-0.15, -0.1) is 0 Å². The van der Waals surface area contributed by atoms with E-state index in [2.05, 4.69) is 4.74 Å². The van der Waals surface area contributed by atoms with Crippen molar-refractivity contribution in [1.82, 2.24) is 0 Å². The Bertz CT molecular complexity index is 307. The predicted octanol–water partition coefficient (Wildman–Crippen LogP) is 4.18. The van der Waals surface area contributed by atoms with Crippen LogP contribution in [0.3, 0.4) is 0 Å². The van der Waals surface area contributed by atoms with Crippen LogP contribution in [0.2, 0.25) is 19.6 Å². The quantitative estimate of drug-likeness (QED) is 0.397. The summed E-state index contributed by atoms with van der Waals surface area (Å²) in [4.78, 5) is 11.4. The van der Waals surface area contributed by atoms with Gasteiger partial charge in [0.1, 0.15) is 0 Å². The summed E-state index contributed by atoms with van der Waals surface area (Å²) in [6.07, 6.45) is 3.94. The molecular weight excluding hydrogens is 254 g/mol. The molecule has 0 aliphatic heterocycles. The fourth-order valence-electron chi connectivity index (χ4n) is 1.69. The van der Waals surface area contributed by atoms with E-state index < -0.39 is 20.0 Å². The van der Waals surface area contributed by atoms with Gasteiger partial charge in [0.15, 0.2) is 0 Å². The molecule has 0 rings (SSSR count). The highest BCUT2D eigenvalue weighted by molar-refractivity contribution is 6.83. The normalized spacial score (nSPS) is 13.6. The number of hydrogen-bond acceptors (Lipinski definition) is 2. The fourth-order valence-corrected chi connectivity index (χ4v) is 3.49. The first-order valence-corrected chi connectivity index (χ1v) is 9.94. The van der Waals surface area contributed by atoms with Crippen LogP contribution in [0.5, 0.6) is 0 Å². The molecule has 18 heavy (non-hydrogen) atoms. The number of hydrogen-bond donors (Lipinski definition) is 0. The second kappa shape index (κ2) is 7.02. The van der Waals surface area contributed by atoms with E-state index in [1.54, 1.807) is 6.08 Å². The SMILES string of the molecule is CCCC/C=C(\C(F)(F)C(=O)OCC)[Si](C)(C)C. The third kappa shape index (κ3) is 4.88. The Morgan fingerprint density at radius 1 is 1.28 bits per heavy atom. The zero-order valence-electron chi connectivity index (χ0n) is 12.0. The van der Waals surface area contributed by atoms with Gasteiger partial charge < -0.3 is 4.74 Å². The lowest BCUT2D eigenvalue weighted by molar-refractivity contribution is -0.165. The maximum absolute atomic E-state index is 14.1. The smallest absolute Gasteiger partial charge is 0.381 e. The maximum Gasteiger partial charge on any atom is 0.381 e. The van der Waals surface area contributed by atoms with Gasteiger partial charge in [-0.1, -0.05) is 45.5 Å². The average molecular weight is 278 g/mol. The Morgan fingerprint density at radius 2 is 1.83 bits per heavy atom. The largest absolute Gasteiger partial charge is 0.461 e. The Kier molecular flexibility index (Phi) is 6.74. The Balaban J connectivity index is 5.18. The molecule has 0 aromatic rings. The molecule has 0 aliphatic carbocycles. The van der Waals surface area contributed by atoms with Crippen LogP contribution in [-0.4, -0.2) is 26.6 Å². The van der Waals surface area contributed by atoms with Crippen LogP contribution in [0.1, 0.15) is 33.1 Å². The molecule has 0 saturated heterocycles. The summed E-state index contributed by atoms with van der Waals surface area (Å²) in [5.74, 6) is -4.90. The number of ether oxygens (including phenoxy) is 1. The van der Waals surface area contributed by atoms with E-state index in [4.69, 9.17) is 0 Å². The molecule has 0 amide bonds. The predicted molar refractivity (Wildman–Crippen MR) is 72.5 cm³/mol. The summed E-state index contributed by atoms with van der Waals surface area (Å²) in [6, 6.07) is 0. The molecule has 0 spiro atoms. The van der Waals surface area contributed by atoms with Gasteiger partial charge in [0.25, 0.3) is 0 Å². The molecule has 0 aromatic heterocycles. The molecule has 0 heterocycles. The van der Waals surface area contributed by atoms with Gasteiger partial charge >= 0.3 is 11.9 Å². The maximum atomic E-state index is 14.1. The van der Waals surface area contributed by atoms with Gasteiger partial charge in [0.2, 0.25) is 0 Å². The minimum Gasteiger partial charge on any atom is -0.461 e. The number of esters is 1. The molecule has 106 valence electrons. The molecule has 5 heteroatoms. The molecule has 0 bridgehead atoms. The highest BCUT2D eigenvalue weighted by Crippen LogP contribution is 2.33. The summed E-state index contributed by atoms with van der Waals surface area (Å²) in [5.41, 5.74) is 0. The van der Waals surface area contributed by atoms with Crippen molar-refractivity contribution >= 4 is 14.0 Å². The first kappa shape index (κ1) is 17.3. The molecule has 0 saturated carbocycles. The molecule has 0 atom stereocenters. The van der Waals surface area contributed by atoms with Crippen LogP contribution in [0.25, 0.3) is 0 Å². The number of halogens is 2. The summed E-state index contributed by atoms with van der Waals surface area (Å²) >= 11 is 0. The van der Waals surface area contributed by atoms with Gasteiger partial charge in [0, 0.05) is 0 Å². The topological polar surface area (TPSA) is 26.3 Å². The van der Waals surface area contributed by atoms with Gasteiger partial charge in [-0.05, 0) is 18.5 Å². The van der Waals surface area contributed by atoms with E-state index in [0.717, 1.165) is 12.8 Å². The van der Waals surface area contributed by atoms with Crippen molar-refractivity contribution in [2.24, 2.45) is 0 Å². The lowest BCUT2D eigenvalue weighted by Crippen LogP contribution is -2.43. The van der Waals surface area contributed by atoms with Crippen LogP contribution in [-0.2, 0) is 9.53 Å². The lowest BCUT2D eigenvalue weighted by atomic mass is 10.2. The van der Waals surface area contributed by atoms with Crippen LogP contribution in [0.15, 0.2) is 11.3 Å². The van der Waals surface area contributed by atoms with Crippen molar-refractivity contribution in [2.45, 2.75) is 58.7 Å². The number of alkyl halides is 2. The van der Waals surface area contributed by atoms with Crippen molar-refractivity contribution < 1.29 is 18.3 Å². The minimum atomic E-state index is -3.48. The van der Waals surface area contributed by atoms with Crippen LogP contribution >= 0.6 is 0 Å². The van der Waals surface area contributed by atoms with Crippen LogP contribution in [0.4, 0.5) is 8.78 Å². The van der Waals surface area contributed by atoms with Crippen molar-refractivity contribution in [3.63, 3.8) is 0 Å². The molecular formula is C13H24F2O2Si. The van der Waals surface area contributed by atoms with Crippen molar-refractivity contribution in [2.75, 3.05) is 6.61 Å². The molecule has 0 aliphatic rings. The van der Waals surface area contributed by atoms with Gasteiger partial charge in [-0.2, -0.15) is 8.78 Å². The third-order valence-corrected chi connectivity index (χ3v) is 4.72. The van der Waals surface area contributed by atoms with Crippen molar-refractivity contribution in [3.05, 3.63) is 11.3 Å². The number of unbranched alkanes of at least 4 members (excludes halogenated alkanes) is 2. The summed E-state index contributed by atoms with van der Waals surface area (Å²) in [5, 5.41) is -0.0121. The highest BCUT2D eigenvalue weighted by Gasteiger charge is 2.49. The van der Waals surface area contributed by atoms with Gasteiger partial charge in [0.05, 0.1) is 14.7 Å². The molecule has 0 unspecified atom stereocenters. The lowest BCUT2D eigenvalue weighted by Gasteiger charge is -2.27. The van der Waals surface area contributed by atoms with Crippen LogP contribution in [0, 0.1) is 0 Å². The summed E-state index contributed by atoms with van der Waals surface area (Å²) in [6.45, 7) is 8.96. The average Bonchev–Trinajstić information content (AvgIpc) is 2.22. The second-order valence-electron chi connectivity index (χ2n) is 5.30. The van der Waals surface area contributed by atoms with Gasteiger partial charge in [-0.25, -0.2) is 4.79 Å².